The van der Waals surface area contributed by atoms with Crippen LogP contribution < -0.4 is 11.1 Å². The summed E-state index contributed by atoms with van der Waals surface area (Å²) >= 11 is 5.34. The molecule has 0 radical (unpaired) electrons. The molecular formula is C12H15ClN2O4. The zero-order valence-corrected chi connectivity index (χ0v) is 10.8. The Morgan fingerprint density at radius 1 is 1.26 bits per heavy atom. The van der Waals surface area contributed by atoms with Crippen molar-refractivity contribution >= 4 is 29.1 Å². The summed E-state index contributed by atoms with van der Waals surface area (Å²) in [6.45, 7) is 0. The Morgan fingerprint density at radius 2 is 1.84 bits per heavy atom. The van der Waals surface area contributed by atoms with E-state index in [2.05, 4.69) is 5.32 Å². The molecule has 19 heavy (non-hydrogen) atoms. The number of aliphatic hydroxyl groups excluding tert-OH is 2. The first-order valence-corrected chi connectivity index (χ1v) is 6.07. The van der Waals surface area contributed by atoms with Crippen molar-refractivity contribution in [3.05, 3.63) is 29.8 Å². The van der Waals surface area contributed by atoms with Gasteiger partial charge in [0.05, 0.1) is 12.5 Å². The van der Waals surface area contributed by atoms with Crippen molar-refractivity contribution in [2.45, 2.75) is 18.6 Å². The zero-order chi connectivity index (χ0) is 14.4. The minimum absolute atomic E-state index is 0.151. The maximum atomic E-state index is 11.0. The van der Waals surface area contributed by atoms with E-state index in [-0.39, 0.29) is 18.2 Å². The van der Waals surface area contributed by atoms with Crippen LogP contribution in [0.15, 0.2) is 24.3 Å². The van der Waals surface area contributed by atoms with Crippen molar-refractivity contribution in [2.75, 3.05) is 11.2 Å². The molecule has 0 spiro atoms. The number of benzene rings is 1. The maximum absolute atomic E-state index is 11.0. The molecule has 1 aromatic rings. The molecule has 0 saturated carbocycles. The lowest BCUT2D eigenvalue weighted by atomic mass is 10.0. The molecular weight excluding hydrogens is 272 g/mol. The molecule has 6 nitrogen and oxygen atoms in total. The Hall–Kier alpha value is -1.63. The summed E-state index contributed by atoms with van der Waals surface area (Å²) in [5.74, 6) is -1.19. The van der Waals surface area contributed by atoms with Crippen molar-refractivity contribution < 1.29 is 19.8 Å². The number of amides is 2. The van der Waals surface area contributed by atoms with E-state index in [0.717, 1.165) is 0 Å². The van der Waals surface area contributed by atoms with Crippen LogP contribution in [0.2, 0.25) is 0 Å². The van der Waals surface area contributed by atoms with Gasteiger partial charge < -0.3 is 21.3 Å². The normalized spacial score (nSPS) is 13.6. The van der Waals surface area contributed by atoms with E-state index < -0.39 is 18.1 Å². The molecule has 0 aliphatic heterocycles. The van der Waals surface area contributed by atoms with Crippen LogP contribution in [0.3, 0.4) is 0 Å². The summed E-state index contributed by atoms with van der Waals surface area (Å²) in [6, 6.07) is 6.16. The smallest absolute Gasteiger partial charge is 0.239 e. The number of anilines is 1. The van der Waals surface area contributed by atoms with Gasteiger partial charge in [-0.1, -0.05) is 12.1 Å². The quantitative estimate of drug-likeness (QED) is 0.557. The average Bonchev–Trinajstić information content (AvgIpc) is 2.37. The molecule has 0 aliphatic carbocycles. The third-order valence-corrected chi connectivity index (χ3v) is 2.67. The minimum atomic E-state index is -1.26. The Labute approximate surface area is 115 Å². The third-order valence-electron chi connectivity index (χ3n) is 2.43. The highest BCUT2D eigenvalue weighted by Crippen LogP contribution is 2.20. The predicted molar refractivity (Wildman–Crippen MR) is 70.6 cm³/mol. The second-order valence-electron chi connectivity index (χ2n) is 3.99. The SMILES string of the molecule is NC(=O)CC(O)C(O)c1ccc(NC(=O)CCl)cc1. The summed E-state index contributed by atoms with van der Waals surface area (Å²) in [7, 11) is 0. The first kappa shape index (κ1) is 15.4. The molecule has 0 aliphatic rings. The number of alkyl halides is 1. The molecule has 0 saturated heterocycles. The fourth-order valence-corrected chi connectivity index (χ4v) is 1.56. The summed E-state index contributed by atoms with van der Waals surface area (Å²) in [5.41, 5.74) is 5.87. The largest absolute Gasteiger partial charge is 0.390 e. The van der Waals surface area contributed by atoms with E-state index in [1.165, 1.54) is 12.1 Å². The molecule has 0 aromatic heterocycles. The first-order chi connectivity index (χ1) is 8.93. The molecule has 0 fully saturated rings. The van der Waals surface area contributed by atoms with Crippen LogP contribution in [0.25, 0.3) is 0 Å². The lowest BCUT2D eigenvalue weighted by Gasteiger charge is -2.17. The number of hydrogen-bond donors (Lipinski definition) is 4. The number of nitrogens with two attached hydrogens (primary N) is 1. The second-order valence-corrected chi connectivity index (χ2v) is 4.25. The Bertz CT molecular complexity index is 450. The van der Waals surface area contributed by atoms with Gasteiger partial charge in [-0.05, 0) is 17.7 Å². The molecule has 5 N–H and O–H groups in total. The molecule has 1 rings (SSSR count). The van der Waals surface area contributed by atoms with Gasteiger partial charge in [-0.3, -0.25) is 9.59 Å². The fourth-order valence-electron chi connectivity index (χ4n) is 1.50. The van der Waals surface area contributed by atoms with Crippen molar-refractivity contribution in [3.63, 3.8) is 0 Å². The van der Waals surface area contributed by atoms with Crippen LogP contribution >= 0.6 is 11.6 Å². The lowest BCUT2D eigenvalue weighted by Crippen LogP contribution is -2.25. The minimum Gasteiger partial charge on any atom is -0.390 e. The number of hydrogen-bond acceptors (Lipinski definition) is 4. The van der Waals surface area contributed by atoms with Crippen LogP contribution in [0.1, 0.15) is 18.1 Å². The van der Waals surface area contributed by atoms with Gasteiger partial charge in [0.1, 0.15) is 12.0 Å². The number of aliphatic hydroxyl groups is 2. The average molecular weight is 287 g/mol. The Morgan fingerprint density at radius 3 is 2.32 bits per heavy atom. The summed E-state index contributed by atoms with van der Waals surface area (Å²) in [4.78, 5) is 21.7. The van der Waals surface area contributed by atoms with Gasteiger partial charge in [-0.2, -0.15) is 0 Å². The van der Waals surface area contributed by atoms with Gasteiger partial charge in [-0.25, -0.2) is 0 Å². The highest BCUT2D eigenvalue weighted by Gasteiger charge is 2.20. The summed E-state index contributed by atoms with van der Waals surface area (Å²) < 4.78 is 0. The molecule has 2 amide bonds. The van der Waals surface area contributed by atoms with E-state index in [1.54, 1.807) is 12.1 Å². The van der Waals surface area contributed by atoms with Crippen LogP contribution in [-0.2, 0) is 9.59 Å². The number of primary amides is 1. The topological polar surface area (TPSA) is 113 Å². The molecule has 104 valence electrons. The summed E-state index contributed by atoms with van der Waals surface area (Å²) in [6.07, 6.45) is -2.81. The van der Waals surface area contributed by atoms with E-state index in [0.29, 0.717) is 11.3 Å². The van der Waals surface area contributed by atoms with E-state index in [4.69, 9.17) is 17.3 Å². The van der Waals surface area contributed by atoms with Gasteiger partial charge in [0, 0.05) is 5.69 Å². The lowest BCUT2D eigenvalue weighted by molar-refractivity contribution is -0.121. The van der Waals surface area contributed by atoms with Gasteiger partial charge in [0.25, 0.3) is 0 Å². The molecule has 7 heteroatoms. The number of carbonyl (C=O) groups is 2. The van der Waals surface area contributed by atoms with Gasteiger partial charge in [-0.15, -0.1) is 11.6 Å². The number of halogens is 1. The monoisotopic (exact) mass is 286 g/mol. The highest BCUT2D eigenvalue weighted by molar-refractivity contribution is 6.29. The molecule has 0 bridgehead atoms. The number of rotatable bonds is 6. The van der Waals surface area contributed by atoms with Gasteiger partial charge >= 0.3 is 0 Å². The molecule has 2 unspecified atom stereocenters. The number of nitrogens with one attached hydrogen (secondary N) is 1. The fraction of sp³-hybridized carbons (Fsp3) is 0.333. The van der Waals surface area contributed by atoms with E-state index in [9.17, 15) is 19.8 Å². The van der Waals surface area contributed by atoms with Crippen LogP contribution in [-0.4, -0.2) is 34.0 Å². The van der Waals surface area contributed by atoms with Crippen molar-refractivity contribution in [2.24, 2.45) is 5.73 Å². The van der Waals surface area contributed by atoms with Crippen LogP contribution in [0.4, 0.5) is 5.69 Å². The van der Waals surface area contributed by atoms with E-state index >= 15 is 0 Å². The second kappa shape index (κ2) is 7.08. The van der Waals surface area contributed by atoms with Crippen molar-refractivity contribution in [1.82, 2.24) is 0 Å². The van der Waals surface area contributed by atoms with Crippen LogP contribution in [0.5, 0.6) is 0 Å². The molecule has 0 heterocycles. The van der Waals surface area contributed by atoms with Crippen LogP contribution in [0, 0.1) is 0 Å². The maximum Gasteiger partial charge on any atom is 0.239 e. The van der Waals surface area contributed by atoms with Gasteiger partial charge in [0.2, 0.25) is 11.8 Å². The number of carbonyl (C=O) groups excluding carboxylic acids is 2. The highest BCUT2D eigenvalue weighted by atomic mass is 35.5. The standard InChI is InChI=1S/C12H15ClN2O4/c13-6-11(18)15-8-3-1-7(2-4-8)12(19)9(16)5-10(14)17/h1-4,9,12,16,19H,5-6H2,(H2,14,17)(H,15,18). The third kappa shape index (κ3) is 4.86. The summed E-state index contributed by atoms with van der Waals surface area (Å²) in [5, 5.41) is 21.9. The van der Waals surface area contributed by atoms with Crippen molar-refractivity contribution in [3.8, 4) is 0 Å². The van der Waals surface area contributed by atoms with Gasteiger partial charge in [0.15, 0.2) is 0 Å². The van der Waals surface area contributed by atoms with E-state index in [1.807, 2.05) is 0 Å². The molecule has 2 atom stereocenters. The first-order valence-electron chi connectivity index (χ1n) is 5.54. The zero-order valence-electron chi connectivity index (χ0n) is 10.0. The molecule has 1 aromatic carbocycles. The Balaban J connectivity index is 2.69. The predicted octanol–water partition coefficient (Wildman–Crippen LogP) is 0.134. The Kier molecular flexibility index (Phi) is 5.75. The van der Waals surface area contributed by atoms with Crippen molar-refractivity contribution in [1.29, 1.82) is 0 Å².